The van der Waals surface area contributed by atoms with Crippen LogP contribution in [0.15, 0.2) is 18.3 Å². The fourth-order valence-electron chi connectivity index (χ4n) is 2.91. The molecule has 0 radical (unpaired) electrons. The number of piperidine rings is 1. The van der Waals surface area contributed by atoms with Crippen LogP contribution in [0, 0.1) is 11.8 Å². The summed E-state index contributed by atoms with van der Waals surface area (Å²) in [5, 5.41) is 2.98. The number of urea groups is 1. The molecule has 1 saturated heterocycles. The van der Waals surface area contributed by atoms with Crippen molar-refractivity contribution in [3.63, 3.8) is 0 Å². The van der Waals surface area contributed by atoms with Gasteiger partial charge >= 0.3 is 6.03 Å². The molecular formula is C16H25N3O2. The third kappa shape index (κ3) is 4.62. The number of pyridine rings is 1. The molecule has 0 spiro atoms. The Hall–Kier alpha value is -1.78. The molecule has 1 fully saturated rings. The third-order valence-corrected chi connectivity index (χ3v) is 3.69. The molecule has 0 bridgehead atoms. The summed E-state index contributed by atoms with van der Waals surface area (Å²) in [5.41, 5.74) is 1.000. The summed E-state index contributed by atoms with van der Waals surface area (Å²) in [6.07, 6.45) is 2.91. The van der Waals surface area contributed by atoms with Crippen molar-refractivity contribution in [2.24, 2.45) is 11.8 Å². The number of carbonyl (C=O) groups excluding carboxylic acids is 1. The van der Waals surface area contributed by atoms with Crippen LogP contribution in [-0.4, -0.2) is 35.6 Å². The second kappa shape index (κ2) is 7.29. The molecule has 2 atom stereocenters. The van der Waals surface area contributed by atoms with E-state index in [0.717, 1.165) is 18.7 Å². The molecule has 2 heterocycles. The summed E-state index contributed by atoms with van der Waals surface area (Å²) in [5.74, 6) is 1.75. The van der Waals surface area contributed by atoms with Crippen LogP contribution in [0.1, 0.15) is 32.8 Å². The molecule has 5 heteroatoms. The lowest BCUT2D eigenvalue weighted by molar-refractivity contribution is 0.146. The van der Waals surface area contributed by atoms with Gasteiger partial charge in [-0.3, -0.25) is 0 Å². The molecule has 116 valence electrons. The second-order valence-corrected chi connectivity index (χ2v) is 5.95. The molecule has 0 aliphatic carbocycles. The van der Waals surface area contributed by atoms with Gasteiger partial charge in [-0.1, -0.05) is 13.8 Å². The van der Waals surface area contributed by atoms with Gasteiger partial charge < -0.3 is 15.0 Å². The van der Waals surface area contributed by atoms with E-state index in [1.54, 1.807) is 6.20 Å². The Morgan fingerprint density at radius 1 is 1.43 bits per heavy atom. The topological polar surface area (TPSA) is 54.5 Å². The Labute approximate surface area is 126 Å². The van der Waals surface area contributed by atoms with Gasteiger partial charge in [0.1, 0.15) is 0 Å². The molecule has 2 rings (SSSR count). The first-order chi connectivity index (χ1) is 10.1. The van der Waals surface area contributed by atoms with E-state index in [9.17, 15) is 4.79 Å². The maximum Gasteiger partial charge on any atom is 0.317 e. The summed E-state index contributed by atoms with van der Waals surface area (Å²) < 4.78 is 5.36. The van der Waals surface area contributed by atoms with Crippen LogP contribution in [0.4, 0.5) is 4.79 Å². The smallest absolute Gasteiger partial charge is 0.317 e. The molecule has 21 heavy (non-hydrogen) atoms. The first kappa shape index (κ1) is 15.6. The molecule has 1 aliphatic rings. The molecular weight excluding hydrogens is 266 g/mol. The Balaban J connectivity index is 1.87. The SMILES string of the molecule is CCOc1cc(CNC(=O)N2CC(C)CC(C)C2)ccn1. The molecule has 1 N–H and O–H groups in total. The Kier molecular flexibility index (Phi) is 5.42. The van der Waals surface area contributed by atoms with E-state index in [1.807, 2.05) is 24.0 Å². The first-order valence-electron chi connectivity index (χ1n) is 7.69. The van der Waals surface area contributed by atoms with Crippen molar-refractivity contribution in [2.45, 2.75) is 33.7 Å². The summed E-state index contributed by atoms with van der Waals surface area (Å²) in [7, 11) is 0. The molecule has 1 aromatic rings. The van der Waals surface area contributed by atoms with Crippen molar-refractivity contribution in [3.8, 4) is 5.88 Å². The molecule has 1 aliphatic heterocycles. The number of aromatic nitrogens is 1. The van der Waals surface area contributed by atoms with Crippen molar-refractivity contribution in [1.29, 1.82) is 0 Å². The van der Waals surface area contributed by atoms with Gasteiger partial charge in [0.2, 0.25) is 5.88 Å². The molecule has 2 amide bonds. The minimum atomic E-state index is 0.0168. The highest BCUT2D eigenvalue weighted by Gasteiger charge is 2.25. The zero-order valence-electron chi connectivity index (χ0n) is 13.1. The summed E-state index contributed by atoms with van der Waals surface area (Å²) in [6.45, 7) is 9.11. The van der Waals surface area contributed by atoms with Gasteiger partial charge in [-0.05, 0) is 36.8 Å². The summed E-state index contributed by atoms with van der Waals surface area (Å²) in [6, 6.07) is 3.78. The maximum absolute atomic E-state index is 12.2. The quantitative estimate of drug-likeness (QED) is 0.928. The lowest BCUT2D eigenvalue weighted by Crippen LogP contribution is -2.47. The monoisotopic (exact) mass is 291 g/mol. The van der Waals surface area contributed by atoms with Crippen molar-refractivity contribution >= 4 is 6.03 Å². The fraction of sp³-hybridized carbons (Fsp3) is 0.625. The van der Waals surface area contributed by atoms with Crippen molar-refractivity contribution in [3.05, 3.63) is 23.9 Å². The van der Waals surface area contributed by atoms with Gasteiger partial charge in [0.05, 0.1) is 6.61 Å². The summed E-state index contributed by atoms with van der Waals surface area (Å²) in [4.78, 5) is 18.3. The van der Waals surface area contributed by atoms with Gasteiger partial charge in [-0.2, -0.15) is 0 Å². The fourth-order valence-corrected chi connectivity index (χ4v) is 2.91. The number of nitrogens with one attached hydrogen (secondary N) is 1. The average Bonchev–Trinajstić information content (AvgIpc) is 2.44. The van der Waals surface area contributed by atoms with Gasteiger partial charge in [0.25, 0.3) is 0 Å². The van der Waals surface area contributed by atoms with Crippen molar-refractivity contribution < 1.29 is 9.53 Å². The Morgan fingerprint density at radius 2 is 2.14 bits per heavy atom. The highest BCUT2D eigenvalue weighted by Crippen LogP contribution is 2.20. The van der Waals surface area contributed by atoms with E-state index in [1.165, 1.54) is 6.42 Å². The average molecular weight is 291 g/mol. The van der Waals surface area contributed by atoms with Gasteiger partial charge in [0, 0.05) is 31.9 Å². The first-order valence-corrected chi connectivity index (χ1v) is 7.69. The minimum absolute atomic E-state index is 0.0168. The van der Waals surface area contributed by atoms with Gasteiger partial charge in [0.15, 0.2) is 0 Å². The number of rotatable bonds is 4. The number of nitrogens with zero attached hydrogens (tertiary/aromatic N) is 2. The van der Waals surface area contributed by atoms with E-state index in [4.69, 9.17) is 4.74 Å². The van der Waals surface area contributed by atoms with Crippen LogP contribution in [0.5, 0.6) is 5.88 Å². The zero-order valence-corrected chi connectivity index (χ0v) is 13.1. The molecule has 1 aromatic heterocycles. The highest BCUT2D eigenvalue weighted by molar-refractivity contribution is 5.74. The van der Waals surface area contributed by atoms with E-state index in [2.05, 4.69) is 24.1 Å². The second-order valence-electron chi connectivity index (χ2n) is 5.95. The lowest BCUT2D eigenvalue weighted by Gasteiger charge is -2.34. The highest BCUT2D eigenvalue weighted by atomic mass is 16.5. The van der Waals surface area contributed by atoms with Crippen LogP contribution in [-0.2, 0) is 6.54 Å². The van der Waals surface area contributed by atoms with Crippen molar-refractivity contribution in [2.75, 3.05) is 19.7 Å². The van der Waals surface area contributed by atoms with Crippen LogP contribution in [0.2, 0.25) is 0 Å². The lowest BCUT2D eigenvalue weighted by atomic mass is 9.92. The molecule has 5 nitrogen and oxygen atoms in total. The van der Waals surface area contributed by atoms with E-state index >= 15 is 0 Å². The number of hydrogen-bond donors (Lipinski definition) is 1. The standard InChI is InChI=1S/C16H25N3O2/c1-4-21-15-8-14(5-6-17-15)9-18-16(20)19-10-12(2)7-13(3)11-19/h5-6,8,12-13H,4,7,9-11H2,1-3H3,(H,18,20). The minimum Gasteiger partial charge on any atom is -0.478 e. The largest absolute Gasteiger partial charge is 0.478 e. The molecule has 2 unspecified atom stereocenters. The predicted octanol–water partition coefficient (Wildman–Crippen LogP) is 2.67. The van der Waals surface area contributed by atoms with E-state index < -0.39 is 0 Å². The van der Waals surface area contributed by atoms with Crippen molar-refractivity contribution in [1.82, 2.24) is 15.2 Å². The van der Waals surface area contributed by atoms with Gasteiger partial charge in [-0.25, -0.2) is 9.78 Å². The van der Waals surface area contributed by atoms with Crippen LogP contribution in [0.25, 0.3) is 0 Å². The third-order valence-electron chi connectivity index (χ3n) is 3.69. The Bertz CT molecular complexity index is 468. The predicted molar refractivity (Wildman–Crippen MR) is 82.2 cm³/mol. The van der Waals surface area contributed by atoms with E-state index in [0.29, 0.717) is 30.9 Å². The number of likely N-dealkylation sites (tertiary alicyclic amines) is 1. The molecule has 0 saturated carbocycles. The number of amides is 2. The molecule has 0 aromatic carbocycles. The number of carbonyl (C=O) groups is 1. The number of hydrogen-bond acceptors (Lipinski definition) is 3. The van der Waals surface area contributed by atoms with Gasteiger partial charge in [-0.15, -0.1) is 0 Å². The number of ether oxygens (including phenoxy) is 1. The normalized spacial score (nSPS) is 22.0. The zero-order chi connectivity index (χ0) is 15.2. The van der Waals surface area contributed by atoms with Crippen LogP contribution in [0.3, 0.4) is 0 Å². The van der Waals surface area contributed by atoms with Crippen LogP contribution >= 0.6 is 0 Å². The maximum atomic E-state index is 12.2. The summed E-state index contributed by atoms with van der Waals surface area (Å²) >= 11 is 0. The van der Waals surface area contributed by atoms with Crippen LogP contribution < -0.4 is 10.1 Å². The van der Waals surface area contributed by atoms with E-state index in [-0.39, 0.29) is 6.03 Å². The Morgan fingerprint density at radius 3 is 2.81 bits per heavy atom.